The molecule has 1 fully saturated rings. The Morgan fingerprint density at radius 2 is 1.83 bits per heavy atom. The van der Waals surface area contributed by atoms with Gasteiger partial charge in [-0.25, -0.2) is 9.48 Å². The van der Waals surface area contributed by atoms with Gasteiger partial charge in [0, 0.05) is 23.1 Å². The lowest BCUT2D eigenvalue weighted by Gasteiger charge is -2.14. The summed E-state index contributed by atoms with van der Waals surface area (Å²) in [6.07, 6.45) is 3.16. The van der Waals surface area contributed by atoms with Crippen LogP contribution < -0.4 is 10.3 Å². The number of hydrogen-bond donors (Lipinski definition) is 1. The summed E-state index contributed by atoms with van der Waals surface area (Å²) >= 11 is 0. The number of rotatable bonds is 6. The second-order valence-electron chi connectivity index (χ2n) is 8.15. The van der Waals surface area contributed by atoms with E-state index in [1.807, 2.05) is 0 Å². The average Bonchev–Trinajstić information content (AvgIpc) is 3.48. The summed E-state index contributed by atoms with van der Waals surface area (Å²) in [6.45, 7) is -3.22. The van der Waals surface area contributed by atoms with E-state index < -0.39 is 28.8 Å². The summed E-state index contributed by atoms with van der Waals surface area (Å²) in [6, 6.07) is 7.23. The second-order valence-corrected chi connectivity index (χ2v) is 8.15. The summed E-state index contributed by atoms with van der Waals surface area (Å²) in [5.41, 5.74) is -1.21. The number of nitro groups is 1. The number of nitro benzene ring substituents is 1. The van der Waals surface area contributed by atoms with E-state index in [0.29, 0.717) is 18.4 Å². The van der Waals surface area contributed by atoms with E-state index >= 15 is 0 Å². The topological polar surface area (TPSA) is 138 Å². The minimum Gasteiger partial charge on any atom is -0.478 e. The monoisotopic (exact) mass is 485 g/mol. The van der Waals surface area contributed by atoms with Gasteiger partial charge in [-0.1, -0.05) is 12.8 Å². The van der Waals surface area contributed by atoms with E-state index in [1.165, 1.54) is 28.9 Å². The highest BCUT2D eigenvalue weighted by atomic mass is 19.3. The molecule has 12 heteroatoms. The van der Waals surface area contributed by atoms with Gasteiger partial charge in [0.2, 0.25) is 5.58 Å². The van der Waals surface area contributed by atoms with E-state index in [-0.39, 0.29) is 44.9 Å². The molecule has 1 N–H and O–H groups in total. The maximum absolute atomic E-state index is 13.4. The number of halogens is 2. The van der Waals surface area contributed by atoms with Crippen LogP contribution in [0.25, 0.3) is 33.2 Å². The first kappa shape index (κ1) is 22.4. The number of carboxylic acids is 1. The zero-order valence-corrected chi connectivity index (χ0v) is 17.9. The molecule has 0 radical (unpaired) electrons. The van der Waals surface area contributed by atoms with E-state index in [1.54, 1.807) is 0 Å². The zero-order chi connectivity index (χ0) is 24.9. The highest BCUT2D eigenvalue weighted by Gasteiger charge is 2.29. The largest absolute Gasteiger partial charge is 0.478 e. The number of nitrogens with zero attached hydrogens (tertiary/aromatic N) is 3. The number of non-ortho nitro benzene ring substituents is 1. The Balaban J connectivity index is 1.91. The highest BCUT2D eigenvalue weighted by Crippen LogP contribution is 2.41. The molecule has 5 rings (SSSR count). The Kier molecular flexibility index (Phi) is 5.42. The molecule has 180 valence electrons. The van der Waals surface area contributed by atoms with Gasteiger partial charge in [0.05, 0.1) is 21.9 Å². The Morgan fingerprint density at radius 1 is 1.14 bits per heavy atom. The van der Waals surface area contributed by atoms with Gasteiger partial charge in [-0.15, -0.1) is 0 Å². The fourth-order valence-corrected chi connectivity index (χ4v) is 4.57. The predicted molar refractivity (Wildman–Crippen MR) is 119 cm³/mol. The van der Waals surface area contributed by atoms with E-state index in [9.17, 15) is 33.6 Å². The van der Waals surface area contributed by atoms with Crippen LogP contribution in [0.4, 0.5) is 14.5 Å². The number of aromatic nitrogens is 2. The maximum atomic E-state index is 13.4. The van der Waals surface area contributed by atoms with Gasteiger partial charge in [0.25, 0.3) is 5.69 Å². The third-order valence-corrected chi connectivity index (χ3v) is 6.12. The molecule has 0 aliphatic heterocycles. The molecule has 0 bridgehead atoms. The predicted octanol–water partition coefficient (Wildman–Crippen LogP) is 5.13. The van der Waals surface area contributed by atoms with Crippen molar-refractivity contribution in [2.24, 2.45) is 0 Å². The molecule has 2 aromatic carbocycles. The van der Waals surface area contributed by atoms with E-state index in [0.717, 1.165) is 25.0 Å². The smallest absolute Gasteiger partial charge is 0.387 e. The molecule has 0 unspecified atom stereocenters. The molecule has 2 heterocycles. The van der Waals surface area contributed by atoms with Gasteiger partial charge >= 0.3 is 18.1 Å². The van der Waals surface area contributed by atoms with Crippen LogP contribution in [0, 0.1) is 10.1 Å². The maximum Gasteiger partial charge on any atom is 0.387 e. The first-order valence-corrected chi connectivity index (χ1v) is 10.7. The van der Waals surface area contributed by atoms with Crippen molar-refractivity contribution >= 4 is 33.6 Å². The SMILES string of the molecule is O=C(O)c1ccc(OC(F)F)c2oc3c(=O)n(C4CCCC4)nc(-c4ccc([N+](=O)[O-])cc4)c3c12. The molecule has 1 aliphatic carbocycles. The number of carbonyl (C=O) groups is 1. The number of carboxylic acid groups (broad SMARTS) is 1. The minimum atomic E-state index is -3.22. The summed E-state index contributed by atoms with van der Waals surface area (Å²) in [5, 5.41) is 25.3. The fraction of sp³-hybridized carbons (Fsp3) is 0.261. The molecule has 35 heavy (non-hydrogen) atoms. The van der Waals surface area contributed by atoms with Crippen molar-refractivity contribution in [1.29, 1.82) is 0 Å². The average molecular weight is 485 g/mol. The van der Waals surface area contributed by atoms with E-state index in [2.05, 4.69) is 9.84 Å². The molecule has 10 nitrogen and oxygen atoms in total. The van der Waals surface area contributed by atoms with Gasteiger partial charge < -0.3 is 14.3 Å². The standard InChI is InChI=1S/C23H17F2N3O7/c24-23(25)34-15-10-9-14(22(30)31)16-17-18(11-5-7-13(8-6-11)28(32)33)26-27(12-3-1-2-4-12)21(29)20(17)35-19(15)16/h5-10,12,23H,1-4H2,(H,30,31). The zero-order valence-electron chi connectivity index (χ0n) is 17.9. The van der Waals surface area contributed by atoms with Crippen molar-refractivity contribution in [3.63, 3.8) is 0 Å². The van der Waals surface area contributed by atoms with Crippen LogP contribution in [0.15, 0.2) is 45.6 Å². The van der Waals surface area contributed by atoms with Crippen molar-refractivity contribution in [2.75, 3.05) is 0 Å². The van der Waals surface area contributed by atoms with Gasteiger partial charge in [-0.2, -0.15) is 13.9 Å². The molecule has 0 amide bonds. The van der Waals surface area contributed by atoms with Crippen LogP contribution in [-0.4, -0.2) is 32.4 Å². The minimum absolute atomic E-state index is 0.00483. The molecule has 1 saturated carbocycles. The van der Waals surface area contributed by atoms with Crippen LogP contribution in [0.3, 0.4) is 0 Å². The van der Waals surface area contributed by atoms with Crippen molar-refractivity contribution in [3.05, 3.63) is 62.4 Å². The number of fused-ring (bicyclic) bond motifs is 3. The first-order valence-electron chi connectivity index (χ1n) is 10.7. The van der Waals surface area contributed by atoms with Gasteiger partial charge in [0.1, 0.15) is 5.69 Å². The summed E-state index contributed by atoms with van der Waals surface area (Å²) in [7, 11) is 0. The van der Waals surface area contributed by atoms with Crippen molar-refractivity contribution in [1.82, 2.24) is 9.78 Å². The number of ether oxygens (including phenoxy) is 1. The molecule has 1 aliphatic rings. The van der Waals surface area contributed by atoms with Crippen LogP contribution in [0.5, 0.6) is 5.75 Å². The molecular formula is C23H17F2N3O7. The first-order chi connectivity index (χ1) is 16.8. The third-order valence-electron chi connectivity index (χ3n) is 6.12. The summed E-state index contributed by atoms with van der Waals surface area (Å²) < 4.78 is 37.6. The van der Waals surface area contributed by atoms with Crippen molar-refractivity contribution in [2.45, 2.75) is 38.3 Å². The number of hydrogen-bond acceptors (Lipinski definition) is 7. The van der Waals surface area contributed by atoms with E-state index in [4.69, 9.17) is 4.42 Å². The van der Waals surface area contributed by atoms with Crippen LogP contribution in [-0.2, 0) is 0 Å². The Labute approximate surface area is 194 Å². The molecule has 2 aromatic heterocycles. The third kappa shape index (κ3) is 3.76. The fourth-order valence-electron chi connectivity index (χ4n) is 4.57. The Morgan fingerprint density at radius 3 is 2.43 bits per heavy atom. The molecule has 0 atom stereocenters. The van der Waals surface area contributed by atoms with Gasteiger partial charge in [-0.05, 0) is 37.1 Å². The number of furan rings is 1. The number of benzene rings is 2. The Hall–Kier alpha value is -4.35. The lowest BCUT2D eigenvalue weighted by Crippen LogP contribution is -2.26. The van der Waals surface area contributed by atoms with Crippen LogP contribution in [0.2, 0.25) is 0 Å². The number of aromatic carboxylic acids is 1. The summed E-state index contributed by atoms with van der Waals surface area (Å²) in [4.78, 5) is 35.9. The van der Waals surface area contributed by atoms with Crippen LogP contribution >= 0.6 is 0 Å². The molecule has 4 aromatic rings. The number of alkyl halides is 2. The normalized spacial score (nSPS) is 14.3. The van der Waals surface area contributed by atoms with Crippen molar-refractivity contribution in [3.8, 4) is 17.0 Å². The van der Waals surface area contributed by atoms with Crippen molar-refractivity contribution < 1.29 is 32.8 Å². The second kappa shape index (κ2) is 8.46. The quantitative estimate of drug-likeness (QED) is 0.293. The molecule has 0 spiro atoms. The van der Waals surface area contributed by atoms with Gasteiger partial charge in [-0.3, -0.25) is 14.9 Å². The molecule has 0 saturated heterocycles. The molecular weight excluding hydrogens is 468 g/mol. The highest BCUT2D eigenvalue weighted by molar-refractivity contribution is 6.19. The Bertz CT molecular complexity index is 1540. The lowest BCUT2D eigenvalue weighted by molar-refractivity contribution is -0.384. The lowest BCUT2D eigenvalue weighted by atomic mass is 10.0. The summed E-state index contributed by atoms with van der Waals surface area (Å²) in [5.74, 6) is -1.81. The van der Waals surface area contributed by atoms with Crippen LogP contribution in [0.1, 0.15) is 42.1 Å². The van der Waals surface area contributed by atoms with Gasteiger partial charge in [0.15, 0.2) is 11.3 Å².